The van der Waals surface area contributed by atoms with Crippen LogP contribution in [0, 0.1) is 17.8 Å². The number of carbonyl (C=O) groups excluding carboxylic acids is 9. The van der Waals surface area contributed by atoms with E-state index in [1.807, 2.05) is 0 Å². The summed E-state index contributed by atoms with van der Waals surface area (Å²) < 4.78 is 0. The van der Waals surface area contributed by atoms with Gasteiger partial charge in [0.25, 0.3) is 0 Å². The normalized spacial score (nSPS) is 15.4. The molecule has 0 saturated heterocycles. The molecule has 10 atom stereocenters. The van der Waals surface area contributed by atoms with Crippen LogP contribution in [0.3, 0.4) is 0 Å². The van der Waals surface area contributed by atoms with Gasteiger partial charge < -0.3 is 73.4 Å². The predicted molar refractivity (Wildman–Crippen MR) is 244 cm³/mol. The summed E-state index contributed by atoms with van der Waals surface area (Å²) in [5.74, 6) is -12.8. The Bertz CT molecular complexity index is 1980. The number of nitrogens with one attached hydrogen (secondary N) is 9. The van der Waals surface area contributed by atoms with Gasteiger partial charge in [-0.3, -0.25) is 47.9 Å². The number of carboxylic acid groups (broad SMARTS) is 2. The Morgan fingerprint density at radius 2 is 1.09 bits per heavy atom. The van der Waals surface area contributed by atoms with Crippen molar-refractivity contribution in [2.45, 2.75) is 142 Å². The second-order valence-electron chi connectivity index (χ2n) is 17.4. The minimum Gasteiger partial charge on any atom is -0.508 e. The van der Waals surface area contributed by atoms with Gasteiger partial charge in [0.15, 0.2) is 0 Å². The fourth-order valence-electron chi connectivity index (χ4n) is 6.45. The molecule has 1 aromatic carbocycles. The average Bonchev–Trinajstić information content (AvgIpc) is 3.25. The highest BCUT2D eigenvalue weighted by Crippen LogP contribution is 2.14. The fourth-order valence-corrected chi connectivity index (χ4v) is 6.45. The summed E-state index contributed by atoms with van der Waals surface area (Å²) in [6, 6.07) is -6.00. The molecule has 25 nitrogen and oxygen atoms in total. The lowest BCUT2D eigenvalue weighted by atomic mass is 9.96. The first kappa shape index (κ1) is 60.1. The molecule has 25 heteroatoms. The van der Waals surface area contributed by atoms with Gasteiger partial charge >= 0.3 is 11.9 Å². The maximum Gasteiger partial charge on any atom is 0.326 e. The molecule has 0 heterocycles. The largest absolute Gasteiger partial charge is 0.508 e. The number of carbonyl (C=O) groups is 11. The van der Waals surface area contributed by atoms with E-state index in [-0.39, 0.29) is 30.9 Å². The van der Waals surface area contributed by atoms with Crippen molar-refractivity contribution in [3.63, 3.8) is 0 Å². The summed E-state index contributed by atoms with van der Waals surface area (Å²) >= 11 is 0. The third kappa shape index (κ3) is 21.3. The van der Waals surface area contributed by atoms with Crippen molar-refractivity contribution in [2.75, 3.05) is 13.2 Å². The topological polar surface area (TPSA) is 397 Å². The lowest BCUT2D eigenvalue weighted by Gasteiger charge is -2.30. The van der Waals surface area contributed by atoms with E-state index in [0.29, 0.717) is 5.56 Å². The molecule has 0 fully saturated rings. The monoisotopic (exact) mass is 979 g/mol. The van der Waals surface area contributed by atoms with E-state index in [1.54, 1.807) is 39.8 Å². The molecular weight excluding hydrogens is 911 g/mol. The van der Waals surface area contributed by atoms with E-state index in [2.05, 4.69) is 47.9 Å². The summed E-state index contributed by atoms with van der Waals surface area (Å²) in [7, 11) is 0. The van der Waals surface area contributed by atoms with Crippen LogP contribution in [0.25, 0.3) is 0 Å². The maximum absolute atomic E-state index is 13.8. The Labute approximate surface area is 399 Å². The Balaban J connectivity index is 3.07. The molecule has 386 valence electrons. The molecule has 0 saturated carbocycles. The van der Waals surface area contributed by atoms with Crippen molar-refractivity contribution in [3.8, 4) is 5.75 Å². The molecule has 1 aromatic rings. The first-order valence-electron chi connectivity index (χ1n) is 22.3. The first-order valence-corrected chi connectivity index (χ1v) is 22.3. The highest BCUT2D eigenvalue weighted by Gasteiger charge is 2.37. The van der Waals surface area contributed by atoms with Crippen LogP contribution >= 0.6 is 0 Å². The molecular formula is C44H69N9O16. The van der Waals surface area contributed by atoms with Crippen LogP contribution in [0.2, 0.25) is 0 Å². The van der Waals surface area contributed by atoms with E-state index < -0.39 is 151 Å². The van der Waals surface area contributed by atoms with Crippen LogP contribution < -0.4 is 47.9 Å². The summed E-state index contributed by atoms with van der Waals surface area (Å²) in [5.41, 5.74) is 0.594. The van der Waals surface area contributed by atoms with Crippen LogP contribution in [-0.4, -0.2) is 158 Å². The lowest BCUT2D eigenvalue weighted by molar-refractivity contribution is -0.144. The molecule has 0 aliphatic heterocycles. The van der Waals surface area contributed by atoms with E-state index in [9.17, 15) is 78.3 Å². The minimum absolute atomic E-state index is 0.00750. The van der Waals surface area contributed by atoms with Gasteiger partial charge in [0.1, 0.15) is 54.1 Å². The number of amides is 9. The molecule has 0 unspecified atom stereocenters. The number of aromatic hydroxyl groups is 1. The number of hydrogen-bond donors (Lipinski definition) is 14. The van der Waals surface area contributed by atoms with E-state index in [4.69, 9.17) is 0 Å². The van der Waals surface area contributed by atoms with Gasteiger partial charge in [-0.1, -0.05) is 60.1 Å². The number of aliphatic hydroxyl groups excluding tert-OH is 2. The van der Waals surface area contributed by atoms with Crippen LogP contribution in [0.15, 0.2) is 24.3 Å². The molecule has 1 rings (SSSR count). The fraction of sp³-hybridized carbons (Fsp3) is 0.614. The van der Waals surface area contributed by atoms with Crippen molar-refractivity contribution < 1.29 is 78.3 Å². The van der Waals surface area contributed by atoms with Gasteiger partial charge in [0.2, 0.25) is 53.2 Å². The molecule has 0 spiro atoms. The van der Waals surface area contributed by atoms with Crippen LogP contribution in [-0.2, 0) is 59.2 Å². The second-order valence-corrected chi connectivity index (χ2v) is 17.4. The number of carboxylic acids is 2. The number of phenolic OH excluding ortho intramolecular Hbond substituents is 1. The first-order chi connectivity index (χ1) is 32.1. The predicted octanol–water partition coefficient (Wildman–Crippen LogP) is -3.35. The van der Waals surface area contributed by atoms with Crippen molar-refractivity contribution in [1.29, 1.82) is 0 Å². The minimum atomic E-state index is -1.83. The highest BCUT2D eigenvalue weighted by molar-refractivity contribution is 5.98. The molecule has 14 N–H and O–H groups in total. The third-order valence-corrected chi connectivity index (χ3v) is 10.5. The number of phenols is 1. The van der Waals surface area contributed by atoms with Crippen LogP contribution in [0.1, 0.15) is 87.1 Å². The zero-order valence-corrected chi connectivity index (χ0v) is 40.2. The number of aliphatic carboxylic acids is 2. The smallest absolute Gasteiger partial charge is 0.326 e. The van der Waals surface area contributed by atoms with Crippen LogP contribution in [0.5, 0.6) is 5.75 Å². The summed E-state index contributed by atoms with van der Waals surface area (Å²) in [6.45, 7) is 11.6. The van der Waals surface area contributed by atoms with Crippen molar-refractivity contribution >= 4 is 65.1 Å². The highest BCUT2D eigenvalue weighted by atomic mass is 16.4. The Hall–Kier alpha value is -6.89. The number of rotatable bonds is 29. The molecule has 0 radical (unpaired) electrons. The van der Waals surface area contributed by atoms with Gasteiger partial charge in [-0.2, -0.15) is 0 Å². The Kier molecular flexibility index (Phi) is 25.4. The molecule has 0 aliphatic rings. The Morgan fingerprint density at radius 1 is 0.580 bits per heavy atom. The number of aliphatic hydroxyl groups is 2. The molecule has 69 heavy (non-hydrogen) atoms. The van der Waals surface area contributed by atoms with Gasteiger partial charge in [0.05, 0.1) is 25.7 Å². The van der Waals surface area contributed by atoms with Gasteiger partial charge in [0, 0.05) is 13.3 Å². The second kappa shape index (κ2) is 29.1. The number of benzene rings is 1. The summed E-state index contributed by atoms with van der Waals surface area (Å²) in [6.07, 6.45) is -2.28. The SMILES string of the molecule is CC[C@@H](C)[C@H](NC(=O)[C@@H](NC(=O)[C@@H](NC(=O)CNC(=O)[C@H](C)NC(=O)[C@H](Cc1ccc(O)cc1)NC(C)=O)[C@@H](C)O)C(C)C)C(=O)N[C@@H](CO)C(=O)N[C@@H](CC(=O)O)C(=O)N[C@@H](CC(C)C)C(=O)O. The summed E-state index contributed by atoms with van der Waals surface area (Å²) in [4.78, 5) is 141. The zero-order chi connectivity index (χ0) is 52.9. The molecule has 9 amide bonds. The third-order valence-electron chi connectivity index (χ3n) is 10.5. The average molecular weight is 980 g/mol. The Morgan fingerprint density at radius 3 is 1.58 bits per heavy atom. The van der Waals surface area contributed by atoms with Crippen molar-refractivity contribution in [2.24, 2.45) is 17.8 Å². The molecule has 0 aliphatic carbocycles. The quantitative estimate of drug-likeness (QED) is 0.0373. The summed E-state index contributed by atoms with van der Waals surface area (Å²) in [5, 5.41) is 70.1. The maximum atomic E-state index is 13.8. The number of hydrogen-bond acceptors (Lipinski definition) is 14. The molecule has 0 bridgehead atoms. The van der Waals surface area contributed by atoms with Crippen molar-refractivity contribution in [3.05, 3.63) is 29.8 Å². The molecule has 0 aromatic heterocycles. The van der Waals surface area contributed by atoms with Crippen LogP contribution in [0.4, 0.5) is 0 Å². The zero-order valence-electron chi connectivity index (χ0n) is 40.2. The van der Waals surface area contributed by atoms with E-state index in [1.165, 1.54) is 46.8 Å². The van der Waals surface area contributed by atoms with E-state index >= 15 is 0 Å². The van der Waals surface area contributed by atoms with Gasteiger partial charge in [-0.05, 0) is 55.7 Å². The van der Waals surface area contributed by atoms with Gasteiger partial charge in [-0.25, -0.2) is 4.79 Å². The standard InChI is InChI=1S/C44H69N9O16/c1-10-22(6)35(42(66)50-31(19-54)40(64)48-29(17-33(59)60)39(63)49-30(44(68)69)15-20(2)3)53-41(65)34(21(4)5)52-43(67)36(24(8)55)51-32(58)18-45-37(61)23(7)46-38(62)28(47-25(9)56)16-26-11-13-27(57)14-12-26/h11-14,20-24,28-31,34-36,54-55,57H,10,15-19H2,1-9H3,(H,45,61)(H,46,62)(H,47,56)(H,48,64)(H,49,63)(H,50,66)(H,51,58)(H,52,67)(H,53,65)(H,59,60)(H,68,69)/t22-,23+,24-,28+,29+,30+,31+,34+,35+,36+/m1/s1. The van der Waals surface area contributed by atoms with Gasteiger partial charge in [-0.15, -0.1) is 0 Å². The lowest BCUT2D eigenvalue weighted by Crippen LogP contribution is -2.62. The van der Waals surface area contributed by atoms with Crippen molar-refractivity contribution in [1.82, 2.24) is 47.9 Å². The van der Waals surface area contributed by atoms with E-state index in [0.717, 1.165) is 0 Å².